The summed E-state index contributed by atoms with van der Waals surface area (Å²) in [7, 11) is 0. The molecule has 17 aromatic carbocycles. The highest BCUT2D eigenvalue weighted by atomic mass is 32.1. The molecular weight excluding hydrogens is 1820 g/mol. The summed E-state index contributed by atoms with van der Waals surface area (Å²) in [5.41, 5.74) is 28.2. The molecule has 12 heteroatoms. The highest BCUT2D eigenvalue weighted by molar-refractivity contribution is 7.80. The Labute approximate surface area is 859 Å². The maximum Gasteiger partial charge on any atom is 0.266 e. The molecule has 145 heavy (non-hydrogen) atoms. The van der Waals surface area contributed by atoms with Gasteiger partial charge in [0.2, 0.25) is 0 Å². The zero-order valence-electron chi connectivity index (χ0n) is 86.3. The third kappa shape index (κ3) is 14.6. The van der Waals surface area contributed by atoms with Gasteiger partial charge in [0.15, 0.2) is 0 Å². The van der Waals surface area contributed by atoms with Gasteiger partial charge in [-0.3, -0.25) is 19.2 Å². The van der Waals surface area contributed by atoms with E-state index in [1.165, 1.54) is 48.8 Å². The lowest BCUT2D eigenvalue weighted by Gasteiger charge is -2.42. The topological polar surface area (TPSA) is 112 Å². The van der Waals surface area contributed by atoms with Gasteiger partial charge in [-0.15, -0.1) is 25.3 Å². The van der Waals surface area contributed by atoms with Crippen molar-refractivity contribution in [2.75, 3.05) is 9.80 Å². The van der Waals surface area contributed by atoms with Crippen LogP contribution in [0.5, 0.6) is 46.0 Å². The summed E-state index contributed by atoms with van der Waals surface area (Å²) in [5.74, 6) is 2.22. The number of thiol groups is 2. The van der Waals surface area contributed by atoms with Crippen LogP contribution >= 0.6 is 25.3 Å². The van der Waals surface area contributed by atoms with Gasteiger partial charge >= 0.3 is 0 Å². The van der Waals surface area contributed by atoms with Gasteiger partial charge in [-0.1, -0.05) is 266 Å². The predicted octanol–water partition coefficient (Wildman–Crippen LogP) is 36.1. The number of hydrogen-bond acceptors (Lipinski definition) is 10. The maximum absolute atomic E-state index is 16.3. The Bertz CT molecular complexity index is 8610. The molecular formula is C133H118N2O8S2. The van der Waals surface area contributed by atoms with Crippen molar-refractivity contribution in [1.82, 2.24) is 0 Å². The lowest BCUT2D eigenvalue weighted by molar-refractivity contribution is 0.0877. The fourth-order valence-corrected chi connectivity index (χ4v) is 25.1. The van der Waals surface area contributed by atoms with Crippen molar-refractivity contribution < 1.29 is 38.1 Å². The molecule has 10 nitrogen and oxygen atoms in total. The second kappa shape index (κ2) is 33.1. The van der Waals surface area contributed by atoms with Crippen molar-refractivity contribution in [2.24, 2.45) is 11.8 Å². The van der Waals surface area contributed by atoms with Crippen molar-refractivity contribution in [2.45, 2.75) is 213 Å². The fourth-order valence-electron chi connectivity index (χ4n) is 24.5. The summed E-state index contributed by atoms with van der Waals surface area (Å²) in [6, 6.07) is 77.0. The normalized spacial score (nSPS) is 15.7. The van der Waals surface area contributed by atoms with Crippen LogP contribution in [0.2, 0.25) is 0 Å². The summed E-state index contributed by atoms with van der Waals surface area (Å²) >= 11 is 9.84. The number of benzene rings is 17. The van der Waals surface area contributed by atoms with Crippen LogP contribution in [0, 0.1) is 18.8 Å². The van der Waals surface area contributed by atoms with Crippen molar-refractivity contribution in [1.29, 1.82) is 0 Å². The molecule has 4 amide bonds. The van der Waals surface area contributed by atoms with Crippen molar-refractivity contribution in [3.8, 4) is 68.2 Å². The van der Waals surface area contributed by atoms with Crippen molar-refractivity contribution in [3.63, 3.8) is 0 Å². The molecule has 0 saturated carbocycles. The highest BCUT2D eigenvalue weighted by Gasteiger charge is 2.52. The molecule has 7 aliphatic rings. The quantitative estimate of drug-likeness (QED) is 0.0378. The van der Waals surface area contributed by atoms with E-state index in [0.717, 1.165) is 182 Å². The van der Waals surface area contributed by atoms with E-state index in [-0.39, 0.29) is 57.2 Å². The van der Waals surface area contributed by atoms with Gasteiger partial charge < -0.3 is 18.9 Å². The van der Waals surface area contributed by atoms with E-state index in [1.807, 2.05) is 103 Å². The Morgan fingerprint density at radius 1 is 0.310 bits per heavy atom. The summed E-state index contributed by atoms with van der Waals surface area (Å²) < 4.78 is 29.6. The van der Waals surface area contributed by atoms with Gasteiger partial charge in [-0.2, -0.15) is 0 Å². The van der Waals surface area contributed by atoms with Gasteiger partial charge in [-0.05, 0) is 358 Å². The minimum absolute atomic E-state index is 0.0604. The van der Waals surface area contributed by atoms with Crippen LogP contribution in [-0.4, -0.2) is 23.6 Å². The van der Waals surface area contributed by atoms with Crippen LogP contribution < -0.4 is 28.7 Å². The van der Waals surface area contributed by atoms with E-state index in [4.69, 9.17) is 44.2 Å². The Balaban J connectivity index is 0.617. The average Bonchev–Trinajstić information content (AvgIpc) is 1.53. The first-order valence-corrected chi connectivity index (χ1v) is 52.2. The minimum Gasteiger partial charge on any atom is -0.457 e. The van der Waals surface area contributed by atoms with Crippen LogP contribution in [0.4, 0.5) is 11.4 Å². The second-order valence-corrected chi connectivity index (χ2v) is 47.7. The molecule has 24 rings (SSSR count). The molecule has 720 valence electrons. The van der Waals surface area contributed by atoms with Crippen LogP contribution in [0.1, 0.15) is 293 Å². The van der Waals surface area contributed by atoms with E-state index in [0.29, 0.717) is 90.4 Å². The number of aryl methyl sites for hydroxylation is 3. The summed E-state index contributed by atoms with van der Waals surface area (Å²) in [5, 5.41) is 12.8. The number of nitrogens with zero attached hydrogens (tertiary/aromatic N) is 2. The van der Waals surface area contributed by atoms with E-state index in [9.17, 15) is 0 Å². The zero-order chi connectivity index (χ0) is 101. The smallest absolute Gasteiger partial charge is 0.266 e. The van der Waals surface area contributed by atoms with E-state index >= 15 is 19.2 Å². The van der Waals surface area contributed by atoms with Gasteiger partial charge in [-0.25, -0.2) is 9.80 Å². The minimum atomic E-state index is -0.425. The molecule has 0 N–H and O–H groups in total. The number of carbonyl (C=O) groups excluding carboxylic acids is 4. The number of fused-ring (bicyclic) bond motifs is 12. The number of anilines is 2. The number of amides is 4. The molecule has 2 heterocycles. The van der Waals surface area contributed by atoms with E-state index < -0.39 is 23.6 Å². The SMILES string of the molecule is C=Cc1cc2cc3c(cc2cc1CCc1cc2cc4c(cc2cc1C)-c1ccc2c5c(Oc6ccc(C(C)(C)C)cc6)cc6c7c(cc(Oc8ccc(C(C)(C)C)cc8)c(c8ccc-4c1c28)c75)C(=O)N(c1c(C(C)C)cc(S)cc1C(C)C)C6=O)C1=CC=C2c4c(Oc5ccc(C(C)(C)C)cc5)cc5c6c(cc(Oc7ccc(C(C)(C)C)cc7)c(c46)C4=CC=C3C1C42)C(=O)N(c1c(C(C)C)cc(S)cc1C(C)C)C5=O. The average molecular weight is 1940 g/mol. The lowest BCUT2D eigenvalue weighted by Crippen LogP contribution is -2.42. The molecule has 2 atom stereocenters. The molecule has 17 aromatic rings. The third-order valence-corrected chi connectivity index (χ3v) is 32.5. The predicted molar refractivity (Wildman–Crippen MR) is 605 cm³/mol. The van der Waals surface area contributed by atoms with Gasteiger partial charge in [0.05, 0.1) is 33.6 Å². The van der Waals surface area contributed by atoms with Crippen LogP contribution in [0.25, 0.3) is 126 Å². The largest absolute Gasteiger partial charge is 0.457 e. The molecule has 2 unspecified atom stereocenters. The standard InChI is InChI=1S/C133H118N2O8S2/c1-23-71-51-75-55-101-89-43-47-94-115-95(121-111(143-85-40-32-81(33-41-85)133(20,21)22)65-107-117-106(64-110(120(94)123(117)121)142-84-38-30-80(31-39-84)132(17,18)19)128(138)135(129(107)139)125-98(68(6)7)60-87(145)61-99(125)69(8)9)49-45-91(113(89)115)103(101)57-77(75)53-73(71)25-24-72-52-76-56-102-90-44-48-93-114-92(46-42-88(112(90)114)100(102)54-74(76)50-70(72)10)118-108(140-82-34-26-78(27-35-82)130(11,12)13)62-104-116-105(63-109(119(93)122(116)118)141-83-36-28-79(29-37-83)131(14,15)16)127(137)134(126(104)136)124-96(66(2)3)58-86(144)59-97(124)67(4)5/h23,26-69,113,115,144-145H,1,24-25H2,2-22H3. The first-order chi connectivity index (χ1) is 69.0. The Hall–Kier alpha value is -14.3. The van der Waals surface area contributed by atoms with Gasteiger partial charge in [0, 0.05) is 65.1 Å². The maximum atomic E-state index is 16.3. The zero-order valence-corrected chi connectivity index (χ0v) is 88.1. The molecule has 2 aliphatic heterocycles. The summed E-state index contributed by atoms with van der Waals surface area (Å²) in [6.45, 7) is 50.0. The molecule has 0 saturated heterocycles. The van der Waals surface area contributed by atoms with Gasteiger partial charge in [0.25, 0.3) is 23.6 Å². The number of imide groups is 2. The molecule has 0 bridgehead atoms. The number of allylic oxidation sites excluding steroid dienone is 8. The molecule has 0 aromatic heterocycles. The molecule has 0 radical (unpaired) electrons. The number of carbonyl (C=O) groups is 4. The fraction of sp³-hybridized carbons (Fsp3) is 0.248. The summed E-state index contributed by atoms with van der Waals surface area (Å²) in [6.07, 6.45) is 12.8. The number of rotatable bonds is 18. The first-order valence-electron chi connectivity index (χ1n) is 51.3. The van der Waals surface area contributed by atoms with Crippen molar-refractivity contribution in [3.05, 3.63) is 361 Å². The number of ether oxygens (including phenoxy) is 4. The van der Waals surface area contributed by atoms with Gasteiger partial charge in [0.1, 0.15) is 46.0 Å². The highest BCUT2D eigenvalue weighted by Crippen LogP contribution is 2.67. The van der Waals surface area contributed by atoms with Crippen LogP contribution in [-0.2, 0) is 34.5 Å². The molecule has 5 aliphatic carbocycles. The van der Waals surface area contributed by atoms with E-state index in [2.05, 4.69) is 298 Å². The van der Waals surface area contributed by atoms with Crippen LogP contribution in [0.3, 0.4) is 0 Å². The second-order valence-electron chi connectivity index (χ2n) is 46.7. The molecule has 0 fully saturated rings. The third-order valence-electron chi connectivity index (χ3n) is 32.0. The number of hydrogen-bond donors (Lipinski definition) is 2. The monoisotopic (exact) mass is 1930 g/mol. The Morgan fingerprint density at radius 3 is 0.972 bits per heavy atom. The van der Waals surface area contributed by atoms with Crippen molar-refractivity contribution >= 4 is 164 Å². The van der Waals surface area contributed by atoms with Crippen LogP contribution in [0.15, 0.2) is 259 Å². The Morgan fingerprint density at radius 2 is 0.614 bits per heavy atom. The Kier molecular flexibility index (Phi) is 21.3. The molecule has 0 spiro atoms. The lowest BCUT2D eigenvalue weighted by atomic mass is 9.62. The first kappa shape index (κ1) is 93.1. The van der Waals surface area contributed by atoms with E-state index in [1.54, 1.807) is 0 Å². The summed E-state index contributed by atoms with van der Waals surface area (Å²) in [4.78, 5) is 69.7.